The summed E-state index contributed by atoms with van der Waals surface area (Å²) in [7, 11) is -3.55. The molecule has 1 aromatic rings. The number of benzene rings is 1. The van der Waals surface area contributed by atoms with Gasteiger partial charge in [0.1, 0.15) is 0 Å². The molecule has 1 aliphatic carbocycles. The van der Waals surface area contributed by atoms with Crippen molar-refractivity contribution in [2.75, 3.05) is 13.2 Å². The first-order valence-electron chi connectivity index (χ1n) is 7.72. The number of sulfonamides is 1. The molecule has 0 aromatic heterocycles. The first kappa shape index (κ1) is 18.3. The molecule has 1 heterocycles. The van der Waals surface area contributed by atoms with Crippen molar-refractivity contribution in [3.63, 3.8) is 0 Å². The monoisotopic (exact) mass is 362 g/mol. The van der Waals surface area contributed by atoms with Crippen LogP contribution in [0.15, 0.2) is 23.1 Å². The third kappa shape index (κ3) is 4.50. The van der Waals surface area contributed by atoms with Gasteiger partial charge in [-0.05, 0) is 37.8 Å². The van der Waals surface area contributed by atoms with Gasteiger partial charge in [0.2, 0.25) is 10.0 Å². The lowest BCUT2D eigenvalue weighted by Gasteiger charge is -2.26. The van der Waals surface area contributed by atoms with Gasteiger partial charge in [0.05, 0.1) is 18.1 Å². The largest absolute Gasteiger partial charge is 0.490 e. The van der Waals surface area contributed by atoms with Crippen LogP contribution in [0.25, 0.3) is 0 Å². The predicted molar refractivity (Wildman–Crippen MR) is 89.8 cm³/mol. The minimum Gasteiger partial charge on any atom is -0.490 e. The van der Waals surface area contributed by atoms with Crippen LogP contribution < -0.4 is 19.9 Å². The van der Waals surface area contributed by atoms with Crippen LogP contribution in [0.4, 0.5) is 0 Å². The zero-order valence-corrected chi connectivity index (χ0v) is 14.5. The van der Waals surface area contributed by atoms with E-state index < -0.39 is 10.0 Å². The van der Waals surface area contributed by atoms with E-state index in [0.717, 1.165) is 32.1 Å². The van der Waals surface area contributed by atoms with Crippen LogP contribution in [0, 0.1) is 0 Å². The molecule has 1 aromatic carbocycles. The molecular weight excluding hydrogens is 340 g/mol. The molecule has 1 fully saturated rings. The summed E-state index contributed by atoms with van der Waals surface area (Å²) in [6.45, 7) is 1.12. The van der Waals surface area contributed by atoms with Gasteiger partial charge in [-0.1, -0.05) is 0 Å². The van der Waals surface area contributed by atoms with Crippen LogP contribution in [-0.4, -0.2) is 33.7 Å². The molecule has 8 heteroatoms. The maximum absolute atomic E-state index is 12.5. The lowest BCUT2D eigenvalue weighted by molar-refractivity contribution is 0.297. The van der Waals surface area contributed by atoms with Crippen LogP contribution in [-0.2, 0) is 10.0 Å². The van der Waals surface area contributed by atoms with Gasteiger partial charge in [0, 0.05) is 24.6 Å². The molecular formula is C15H23ClN2O4S. The van der Waals surface area contributed by atoms with E-state index in [4.69, 9.17) is 15.2 Å². The molecule has 0 saturated heterocycles. The molecule has 23 heavy (non-hydrogen) atoms. The van der Waals surface area contributed by atoms with Crippen molar-refractivity contribution >= 4 is 22.4 Å². The number of nitrogens with one attached hydrogen (secondary N) is 1. The van der Waals surface area contributed by atoms with Gasteiger partial charge < -0.3 is 15.2 Å². The van der Waals surface area contributed by atoms with Crippen LogP contribution >= 0.6 is 12.4 Å². The molecule has 0 radical (unpaired) electrons. The van der Waals surface area contributed by atoms with Crippen LogP contribution in [0.2, 0.25) is 0 Å². The SMILES string of the molecule is Cl.NC1CCC(NS(=O)(=O)c2ccc3c(c2)OCCCO3)CC1. The fourth-order valence-electron chi connectivity index (χ4n) is 2.84. The van der Waals surface area contributed by atoms with E-state index in [1.807, 2.05) is 0 Å². The highest BCUT2D eigenvalue weighted by Crippen LogP contribution is 2.32. The number of rotatable bonds is 3. The summed E-state index contributed by atoms with van der Waals surface area (Å²) in [5.74, 6) is 1.09. The summed E-state index contributed by atoms with van der Waals surface area (Å²) >= 11 is 0. The molecule has 3 N–H and O–H groups in total. The van der Waals surface area contributed by atoms with Crippen LogP contribution in [0.5, 0.6) is 11.5 Å². The summed E-state index contributed by atoms with van der Waals surface area (Å²) in [5.41, 5.74) is 5.86. The molecule has 0 unspecified atom stereocenters. The Balaban J connectivity index is 0.00000192. The first-order chi connectivity index (χ1) is 10.5. The minimum absolute atomic E-state index is 0. The lowest BCUT2D eigenvalue weighted by atomic mass is 9.93. The number of fused-ring (bicyclic) bond motifs is 1. The Morgan fingerprint density at radius 3 is 2.39 bits per heavy atom. The third-order valence-electron chi connectivity index (χ3n) is 4.12. The molecule has 1 saturated carbocycles. The maximum Gasteiger partial charge on any atom is 0.240 e. The second-order valence-corrected chi connectivity index (χ2v) is 7.61. The van der Waals surface area contributed by atoms with E-state index in [1.54, 1.807) is 12.1 Å². The van der Waals surface area contributed by atoms with Crippen molar-refractivity contribution in [1.29, 1.82) is 0 Å². The molecule has 6 nitrogen and oxygen atoms in total. The standard InChI is InChI=1S/C15H22N2O4S.ClH/c16-11-2-4-12(5-3-11)17-22(18,19)13-6-7-14-15(10-13)21-9-1-8-20-14;/h6-7,10-12,17H,1-5,8-9,16H2;1H. The molecule has 3 rings (SSSR count). The van der Waals surface area contributed by atoms with E-state index in [2.05, 4.69) is 4.72 Å². The number of nitrogens with two attached hydrogens (primary N) is 1. The number of ether oxygens (including phenoxy) is 2. The molecule has 0 amide bonds. The van der Waals surface area contributed by atoms with E-state index in [9.17, 15) is 8.42 Å². The molecule has 0 spiro atoms. The van der Waals surface area contributed by atoms with Gasteiger partial charge in [0.25, 0.3) is 0 Å². The third-order valence-corrected chi connectivity index (χ3v) is 5.64. The highest BCUT2D eigenvalue weighted by atomic mass is 35.5. The van der Waals surface area contributed by atoms with Crippen LogP contribution in [0.1, 0.15) is 32.1 Å². The zero-order valence-electron chi connectivity index (χ0n) is 12.9. The van der Waals surface area contributed by atoms with Crippen molar-refractivity contribution in [3.05, 3.63) is 18.2 Å². The second-order valence-electron chi connectivity index (χ2n) is 5.89. The average Bonchev–Trinajstić information content (AvgIpc) is 2.74. The Bertz CT molecular complexity index is 630. The Kier molecular flexibility index (Phi) is 6.13. The molecule has 2 aliphatic rings. The smallest absolute Gasteiger partial charge is 0.240 e. The predicted octanol–water partition coefficient (Wildman–Crippen LogP) is 1.82. The molecule has 0 atom stereocenters. The Morgan fingerprint density at radius 1 is 1.04 bits per heavy atom. The van der Waals surface area contributed by atoms with E-state index in [0.29, 0.717) is 24.7 Å². The van der Waals surface area contributed by atoms with E-state index in [-0.39, 0.29) is 29.4 Å². The number of hydrogen-bond donors (Lipinski definition) is 2. The Morgan fingerprint density at radius 2 is 1.70 bits per heavy atom. The molecule has 0 bridgehead atoms. The maximum atomic E-state index is 12.5. The normalized spacial score (nSPS) is 24.4. The highest BCUT2D eigenvalue weighted by Gasteiger charge is 2.25. The number of hydrogen-bond acceptors (Lipinski definition) is 5. The zero-order chi connectivity index (χ0) is 15.6. The van der Waals surface area contributed by atoms with Gasteiger partial charge in [-0.2, -0.15) is 0 Å². The summed E-state index contributed by atoms with van der Waals surface area (Å²) < 4.78 is 38.9. The lowest BCUT2D eigenvalue weighted by Crippen LogP contribution is -2.40. The van der Waals surface area contributed by atoms with Crippen molar-refractivity contribution in [3.8, 4) is 11.5 Å². The second kappa shape index (κ2) is 7.70. The van der Waals surface area contributed by atoms with Gasteiger partial charge in [-0.15, -0.1) is 12.4 Å². The Hall–Kier alpha value is -1.02. The molecule has 130 valence electrons. The molecule has 1 aliphatic heterocycles. The van der Waals surface area contributed by atoms with E-state index in [1.165, 1.54) is 6.07 Å². The van der Waals surface area contributed by atoms with Crippen molar-refractivity contribution in [1.82, 2.24) is 4.72 Å². The minimum atomic E-state index is -3.55. The van der Waals surface area contributed by atoms with Crippen molar-refractivity contribution < 1.29 is 17.9 Å². The first-order valence-corrected chi connectivity index (χ1v) is 9.20. The van der Waals surface area contributed by atoms with Gasteiger partial charge >= 0.3 is 0 Å². The van der Waals surface area contributed by atoms with Gasteiger partial charge in [-0.25, -0.2) is 13.1 Å². The van der Waals surface area contributed by atoms with Gasteiger partial charge in [-0.3, -0.25) is 0 Å². The average molecular weight is 363 g/mol. The summed E-state index contributed by atoms with van der Waals surface area (Å²) in [6.07, 6.45) is 4.07. The van der Waals surface area contributed by atoms with E-state index >= 15 is 0 Å². The fraction of sp³-hybridized carbons (Fsp3) is 0.600. The topological polar surface area (TPSA) is 90.7 Å². The van der Waals surface area contributed by atoms with Crippen molar-refractivity contribution in [2.24, 2.45) is 5.73 Å². The van der Waals surface area contributed by atoms with Gasteiger partial charge in [0.15, 0.2) is 11.5 Å². The Labute approximate surface area is 143 Å². The summed E-state index contributed by atoms with van der Waals surface area (Å²) in [5, 5.41) is 0. The highest BCUT2D eigenvalue weighted by molar-refractivity contribution is 7.89. The quantitative estimate of drug-likeness (QED) is 0.855. The summed E-state index contributed by atoms with van der Waals surface area (Å²) in [4.78, 5) is 0.214. The summed E-state index contributed by atoms with van der Waals surface area (Å²) in [6, 6.07) is 4.91. The fourth-order valence-corrected chi connectivity index (χ4v) is 4.16. The van der Waals surface area contributed by atoms with Crippen molar-refractivity contribution in [2.45, 2.75) is 49.1 Å². The van der Waals surface area contributed by atoms with Crippen LogP contribution in [0.3, 0.4) is 0 Å². The number of halogens is 1.